The molecule has 20 heavy (non-hydrogen) atoms. The second-order valence-corrected chi connectivity index (χ2v) is 4.78. The van der Waals surface area contributed by atoms with Crippen LogP contribution in [0.25, 0.3) is 0 Å². The molecule has 4 heteroatoms. The van der Waals surface area contributed by atoms with Gasteiger partial charge in [0.2, 0.25) is 0 Å². The molecule has 2 rings (SSSR count). The normalized spacial score (nSPS) is 12.2. The van der Waals surface area contributed by atoms with Crippen LogP contribution >= 0.6 is 0 Å². The molecule has 0 bridgehead atoms. The Hall–Kier alpha value is -1.91. The monoisotopic (exact) mass is 271 g/mol. The first-order valence-corrected chi connectivity index (χ1v) is 6.77. The summed E-state index contributed by atoms with van der Waals surface area (Å²) in [5.74, 6) is 6.52. The Kier molecular flexibility index (Phi) is 4.71. The van der Waals surface area contributed by atoms with Crippen LogP contribution in [0, 0.1) is 13.8 Å². The highest BCUT2D eigenvalue weighted by Crippen LogP contribution is 2.27. The zero-order valence-corrected chi connectivity index (χ0v) is 12.2. The second kappa shape index (κ2) is 6.50. The topological polar surface area (TPSA) is 60.2 Å². The van der Waals surface area contributed by atoms with Gasteiger partial charge in [0.05, 0.1) is 18.8 Å². The summed E-state index contributed by atoms with van der Waals surface area (Å²) in [4.78, 5) is 4.23. The molecule has 0 aliphatic carbocycles. The van der Waals surface area contributed by atoms with Gasteiger partial charge in [-0.1, -0.05) is 18.2 Å². The second-order valence-electron chi connectivity index (χ2n) is 4.78. The molecule has 0 aliphatic rings. The summed E-state index contributed by atoms with van der Waals surface area (Å²) in [6.45, 7) is 6.78. The summed E-state index contributed by atoms with van der Waals surface area (Å²) in [6, 6.07) is 8.11. The van der Waals surface area contributed by atoms with Gasteiger partial charge in [0, 0.05) is 6.20 Å². The highest BCUT2D eigenvalue weighted by atomic mass is 16.5. The molecule has 4 nitrogen and oxygen atoms in total. The van der Waals surface area contributed by atoms with E-state index in [0.717, 1.165) is 16.9 Å². The molecule has 0 saturated carbocycles. The predicted octanol–water partition coefficient (Wildman–Crippen LogP) is 2.65. The SMILES string of the molecule is CCOc1cncc(C(NN)c2cccc(C)c2C)c1. The Morgan fingerprint density at radius 1 is 1.30 bits per heavy atom. The van der Waals surface area contributed by atoms with Crippen molar-refractivity contribution < 1.29 is 4.74 Å². The zero-order chi connectivity index (χ0) is 14.5. The highest BCUT2D eigenvalue weighted by Gasteiger charge is 2.16. The molecule has 3 N–H and O–H groups in total. The van der Waals surface area contributed by atoms with E-state index in [1.807, 2.05) is 25.3 Å². The number of hydrogen-bond donors (Lipinski definition) is 2. The summed E-state index contributed by atoms with van der Waals surface area (Å²) in [5, 5.41) is 0. The summed E-state index contributed by atoms with van der Waals surface area (Å²) in [5.41, 5.74) is 7.51. The molecule has 0 fully saturated rings. The van der Waals surface area contributed by atoms with Gasteiger partial charge in [-0.2, -0.15) is 0 Å². The average molecular weight is 271 g/mol. The maximum absolute atomic E-state index is 5.76. The molecule has 0 spiro atoms. The average Bonchev–Trinajstić information content (AvgIpc) is 2.45. The molecule has 1 atom stereocenters. The first kappa shape index (κ1) is 14.5. The van der Waals surface area contributed by atoms with Gasteiger partial charge in [-0.15, -0.1) is 0 Å². The predicted molar refractivity (Wildman–Crippen MR) is 80.5 cm³/mol. The quantitative estimate of drug-likeness (QED) is 0.648. The van der Waals surface area contributed by atoms with Crippen LogP contribution < -0.4 is 16.0 Å². The minimum atomic E-state index is -0.0946. The summed E-state index contributed by atoms with van der Waals surface area (Å²) >= 11 is 0. The lowest BCUT2D eigenvalue weighted by molar-refractivity contribution is 0.338. The number of aryl methyl sites for hydroxylation is 1. The Bertz CT molecular complexity index is 584. The molecule has 106 valence electrons. The van der Waals surface area contributed by atoms with Crippen LogP contribution in [-0.2, 0) is 0 Å². The lowest BCUT2D eigenvalue weighted by Crippen LogP contribution is -2.29. The fourth-order valence-electron chi connectivity index (χ4n) is 2.29. The lowest BCUT2D eigenvalue weighted by Gasteiger charge is -2.20. The fourth-order valence-corrected chi connectivity index (χ4v) is 2.29. The van der Waals surface area contributed by atoms with Crippen LogP contribution in [0.15, 0.2) is 36.7 Å². The number of nitrogens with two attached hydrogens (primary N) is 1. The smallest absolute Gasteiger partial charge is 0.137 e. The Labute approximate surface area is 120 Å². The van der Waals surface area contributed by atoms with Crippen molar-refractivity contribution >= 4 is 0 Å². The van der Waals surface area contributed by atoms with Crippen molar-refractivity contribution in [2.24, 2.45) is 5.84 Å². The third kappa shape index (κ3) is 2.98. The van der Waals surface area contributed by atoms with Crippen molar-refractivity contribution in [3.05, 3.63) is 58.9 Å². The molecular weight excluding hydrogens is 250 g/mol. The molecule has 1 unspecified atom stereocenters. The van der Waals surface area contributed by atoms with E-state index in [1.165, 1.54) is 11.1 Å². The largest absolute Gasteiger partial charge is 0.492 e. The molecule has 0 aliphatic heterocycles. The minimum Gasteiger partial charge on any atom is -0.492 e. The summed E-state index contributed by atoms with van der Waals surface area (Å²) in [6.07, 6.45) is 3.53. The van der Waals surface area contributed by atoms with E-state index in [2.05, 4.69) is 36.4 Å². The zero-order valence-electron chi connectivity index (χ0n) is 12.2. The van der Waals surface area contributed by atoms with E-state index in [1.54, 1.807) is 6.20 Å². The number of nitrogens with one attached hydrogen (secondary N) is 1. The van der Waals surface area contributed by atoms with E-state index < -0.39 is 0 Å². The van der Waals surface area contributed by atoms with Crippen molar-refractivity contribution in [3.8, 4) is 5.75 Å². The molecule has 2 aromatic rings. The standard InChI is InChI=1S/C16H21N3O/c1-4-20-14-8-13(9-18-10-14)16(19-17)15-7-5-6-11(2)12(15)3/h5-10,16,19H,4,17H2,1-3H3. The third-order valence-electron chi connectivity index (χ3n) is 3.50. The molecule has 1 heterocycles. The number of nitrogens with zero attached hydrogens (tertiary/aromatic N) is 1. The molecule has 0 radical (unpaired) electrons. The Morgan fingerprint density at radius 2 is 2.10 bits per heavy atom. The van der Waals surface area contributed by atoms with E-state index in [4.69, 9.17) is 10.6 Å². The van der Waals surface area contributed by atoms with Crippen LogP contribution in [0.2, 0.25) is 0 Å². The molecule has 1 aromatic carbocycles. The lowest BCUT2D eigenvalue weighted by atomic mass is 9.94. The minimum absolute atomic E-state index is 0.0946. The van der Waals surface area contributed by atoms with Crippen molar-refractivity contribution in [1.29, 1.82) is 0 Å². The maximum atomic E-state index is 5.76. The number of rotatable bonds is 5. The summed E-state index contributed by atoms with van der Waals surface area (Å²) < 4.78 is 5.50. The number of hydrogen-bond acceptors (Lipinski definition) is 4. The van der Waals surface area contributed by atoms with E-state index in [9.17, 15) is 0 Å². The molecule has 0 amide bonds. The van der Waals surface area contributed by atoms with Crippen molar-refractivity contribution in [3.63, 3.8) is 0 Å². The van der Waals surface area contributed by atoms with Crippen LogP contribution in [0.1, 0.15) is 35.2 Å². The van der Waals surface area contributed by atoms with Crippen LogP contribution in [0.5, 0.6) is 5.75 Å². The maximum Gasteiger partial charge on any atom is 0.137 e. The number of pyridine rings is 1. The number of aromatic nitrogens is 1. The van der Waals surface area contributed by atoms with Gasteiger partial charge < -0.3 is 4.74 Å². The van der Waals surface area contributed by atoms with Crippen LogP contribution in [0.3, 0.4) is 0 Å². The van der Waals surface area contributed by atoms with Gasteiger partial charge in [-0.05, 0) is 49.1 Å². The van der Waals surface area contributed by atoms with Gasteiger partial charge in [0.1, 0.15) is 5.75 Å². The third-order valence-corrected chi connectivity index (χ3v) is 3.50. The van der Waals surface area contributed by atoms with Crippen molar-refractivity contribution in [1.82, 2.24) is 10.4 Å². The van der Waals surface area contributed by atoms with Gasteiger partial charge in [-0.3, -0.25) is 10.8 Å². The number of hydrazine groups is 1. The van der Waals surface area contributed by atoms with Gasteiger partial charge in [-0.25, -0.2) is 5.43 Å². The molecule has 1 aromatic heterocycles. The van der Waals surface area contributed by atoms with Gasteiger partial charge >= 0.3 is 0 Å². The highest BCUT2D eigenvalue weighted by molar-refractivity contribution is 5.41. The fraction of sp³-hybridized carbons (Fsp3) is 0.312. The first-order valence-electron chi connectivity index (χ1n) is 6.77. The Morgan fingerprint density at radius 3 is 2.80 bits per heavy atom. The van der Waals surface area contributed by atoms with Gasteiger partial charge in [0.25, 0.3) is 0 Å². The van der Waals surface area contributed by atoms with Crippen LogP contribution in [-0.4, -0.2) is 11.6 Å². The molecular formula is C16H21N3O. The first-order chi connectivity index (χ1) is 9.67. The van der Waals surface area contributed by atoms with Crippen molar-refractivity contribution in [2.75, 3.05) is 6.61 Å². The summed E-state index contributed by atoms with van der Waals surface area (Å²) in [7, 11) is 0. The van der Waals surface area contributed by atoms with E-state index in [-0.39, 0.29) is 6.04 Å². The van der Waals surface area contributed by atoms with Crippen LogP contribution in [0.4, 0.5) is 0 Å². The number of ether oxygens (including phenoxy) is 1. The number of benzene rings is 1. The van der Waals surface area contributed by atoms with Crippen molar-refractivity contribution in [2.45, 2.75) is 26.8 Å². The molecule has 0 saturated heterocycles. The van der Waals surface area contributed by atoms with E-state index >= 15 is 0 Å². The van der Waals surface area contributed by atoms with E-state index in [0.29, 0.717) is 6.61 Å². The Balaban J connectivity index is 2.41. The van der Waals surface area contributed by atoms with Gasteiger partial charge in [0.15, 0.2) is 0 Å².